The molecule has 0 aliphatic rings. The first-order valence-electron chi connectivity index (χ1n) is 6.11. The zero-order valence-corrected chi connectivity index (χ0v) is 11.7. The Kier molecular flexibility index (Phi) is 4.33. The molecule has 0 bridgehead atoms. The van der Waals surface area contributed by atoms with Gasteiger partial charge in [-0.3, -0.25) is 0 Å². The van der Waals surface area contributed by atoms with Crippen LogP contribution in [0.1, 0.15) is 17.4 Å². The number of likely N-dealkylation sites (N-methyl/N-ethyl adjacent to an activating group) is 1. The van der Waals surface area contributed by atoms with E-state index in [2.05, 4.69) is 41.4 Å². The molecule has 0 saturated heterocycles. The molecule has 0 spiro atoms. The van der Waals surface area contributed by atoms with E-state index in [0.29, 0.717) is 12.6 Å². The van der Waals surface area contributed by atoms with Crippen LogP contribution in [0.15, 0.2) is 35.8 Å². The highest BCUT2D eigenvalue weighted by atomic mass is 32.1. The Labute approximate surface area is 112 Å². The topological polar surface area (TPSA) is 42.1 Å². The smallest absolute Gasteiger partial charge is 0.128 e. The van der Waals surface area contributed by atoms with Crippen LogP contribution >= 0.6 is 11.3 Å². The number of aromatic nitrogens is 1. The monoisotopic (exact) mass is 261 g/mol. The van der Waals surface area contributed by atoms with Crippen molar-refractivity contribution in [3.05, 3.63) is 46.3 Å². The van der Waals surface area contributed by atoms with Crippen LogP contribution in [0.25, 0.3) is 0 Å². The molecule has 0 aromatic carbocycles. The highest BCUT2D eigenvalue weighted by molar-refractivity contribution is 7.09. The summed E-state index contributed by atoms with van der Waals surface area (Å²) in [5, 5.41) is 2.12. The zero-order valence-electron chi connectivity index (χ0n) is 10.8. The molecule has 1 unspecified atom stereocenters. The lowest BCUT2D eigenvalue weighted by atomic mass is 10.2. The summed E-state index contributed by atoms with van der Waals surface area (Å²) in [4.78, 5) is 8.07. The third-order valence-corrected chi connectivity index (χ3v) is 4.04. The van der Waals surface area contributed by atoms with Gasteiger partial charge in [0, 0.05) is 37.1 Å². The summed E-state index contributed by atoms with van der Waals surface area (Å²) < 4.78 is 0. The molecule has 0 aliphatic heterocycles. The summed E-state index contributed by atoms with van der Waals surface area (Å²) >= 11 is 1.81. The molecule has 2 aromatic rings. The highest BCUT2D eigenvalue weighted by Gasteiger charge is 2.12. The Hall–Kier alpha value is -1.39. The van der Waals surface area contributed by atoms with Gasteiger partial charge < -0.3 is 10.6 Å². The van der Waals surface area contributed by atoms with Crippen LogP contribution in [-0.4, -0.2) is 18.1 Å². The van der Waals surface area contributed by atoms with Crippen molar-refractivity contribution in [1.29, 1.82) is 0 Å². The number of hydrogen-bond acceptors (Lipinski definition) is 4. The SMILES string of the molecule is CC(Cc1cccs1)N(C)c1ccc(CN)cn1. The van der Waals surface area contributed by atoms with Crippen LogP contribution in [0, 0.1) is 0 Å². The minimum absolute atomic E-state index is 0.430. The Bertz CT molecular complexity index is 464. The summed E-state index contributed by atoms with van der Waals surface area (Å²) in [6, 6.07) is 8.78. The maximum atomic E-state index is 5.57. The molecule has 0 amide bonds. The lowest BCUT2D eigenvalue weighted by Gasteiger charge is -2.25. The molecule has 2 rings (SSSR count). The van der Waals surface area contributed by atoms with Crippen molar-refractivity contribution in [1.82, 2.24) is 4.98 Å². The van der Waals surface area contributed by atoms with Crippen molar-refractivity contribution in [3.63, 3.8) is 0 Å². The Morgan fingerprint density at radius 2 is 2.22 bits per heavy atom. The van der Waals surface area contributed by atoms with Gasteiger partial charge in [-0.25, -0.2) is 4.98 Å². The van der Waals surface area contributed by atoms with Crippen LogP contribution in [0.2, 0.25) is 0 Å². The van der Waals surface area contributed by atoms with Gasteiger partial charge >= 0.3 is 0 Å². The van der Waals surface area contributed by atoms with Gasteiger partial charge in [0.25, 0.3) is 0 Å². The van der Waals surface area contributed by atoms with E-state index in [1.165, 1.54) is 4.88 Å². The van der Waals surface area contributed by atoms with Crippen molar-refractivity contribution in [3.8, 4) is 0 Å². The summed E-state index contributed by atoms with van der Waals surface area (Å²) in [5.74, 6) is 0.997. The molecule has 0 saturated carbocycles. The Morgan fingerprint density at radius 3 is 2.78 bits per heavy atom. The van der Waals surface area contributed by atoms with Crippen molar-refractivity contribution in [2.24, 2.45) is 5.73 Å². The fraction of sp³-hybridized carbons (Fsp3) is 0.357. The number of pyridine rings is 1. The van der Waals surface area contributed by atoms with Crippen molar-refractivity contribution < 1.29 is 0 Å². The van der Waals surface area contributed by atoms with Crippen LogP contribution in [0.3, 0.4) is 0 Å². The second kappa shape index (κ2) is 5.98. The van der Waals surface area contributed by atoms with Crippen LogP contribution in [-0.2, 0) is 13.0 Å². The van der Waals surface area contributed by atoms with E-state index < -0.39 is 0 Å². The van der Waals surface area contributed by atoms with Crippen molar-refractivity contribution >= 4 is 17.2 Å². The summed E-state index contributed by atoms with van der Waals surface area (Å²) in [6.45, 7) is 2.76. The number of rotatable bonds is 5. The Morgan fingerprint density at radius 1 is 1.39 bits per heavy atom. The quantitative estimate of drug-likeness (QED) is 0.899. The summed E-state index contributed by atoms with van der Waals surface area (Å²) in [7, 11) is 2.09. The molecule has 0 fully saturated rings. The maximum absolute atomic E-state index is 5.57. The fourth-order valence-electron chi connectivity index (χ4n) is 1.83. The van der Waals surface area contributed by atoms with Gasteiger partial charge in [0.2, 0.25) is 0 Å². The number of hydrogen-bond donors (Lipinski definition) is 1. The van der Waals surface area contributed by atoms with E-state index in [1.54, 1.807) is 11.3 Å². The summed E-state index contributed by atoms with van der Waals surface area (Å²) in [6.07, 6.45) is 2.90. The molecule has 2 N–H and O–H groups in total. The second-order valence-electron chi connectivity index (χ2n) is 4.47. The number of nitrogens with zero attached hydrogens (tertiary/aromatic N) is 2. The highest BCUT2D eigenvalue weighted by Crippen LogP contribution is 2.17. The molecule has 2 heterocycles. The van der Waals surface area contributed by atoms with Gasteiger partial charge in [0.1, 0.15) is 5.82 Å². The van der Waals surface area contributed by atoms with Gasteiger partial charge in [0.05, 0.1) is 0 Å². The minimum atomic E-state index is 0.430. The predicted octanol–water partition coefficient (Wildman–Crippen LogP) is 2.67. The third-order valence-electron chi connectivity index (χ3n) is 3.14. The zero-order chi connectivity index (χ0) is 13.0. The first-order valence-corrected chi connectivity index (χ1v) is 6.99. The van der Waals surface area contributed by atoms with E-state index in [0.717, 1.165) is 17.8 Å². The Balaban J connectivity index is 2.02. The van der Waals surface area contributed by atoms with Gasteiger partial charge in [-0.15, -0.1) is 11.3 Å². The molecule has 0 aliphatic carbocycles. The van der Waals surface area contributed by atoms with Crippen LogP contribution < -0.4 is 10.6 Å². The van der Waals surface area contributed by atoms with Crippen molar-refractivity contribution in [2.45, 2.75) is 25.9 Å². The number of thiophene rings is 1. The lowest BCUT2D eigenvalue weighted by molar-refractivity contribution is 0.680. The molecule has 1 atom stereocenters. The van der Waals surface area contributed by atoms with Gasteiger partial charge in [-0.05, 0) is 30.0 Å². The molecule has 2 aromatic heterocycles. The lowest BCUT2D eigenvalue weighted by Crippen LogP contribution is -2.31. The van der Waals surface area contributed by atoms with Gasteiger partial charge in [0.15, 0.2) is 0 Å². The van der Waals surface area contributed by atoms with Gasteiger partial charge in [-0.1, -0.05) is 12.1 Å². The summed E-state index contributed by atoms with van der Waals surface area (Å²) in [5.41, 5.74) is 6.64. The van der Waals surface area contributed by atoms with E-state index in [4.69, 9.17) is 5.73 Å². The molecule has 18 heavy (non-hydrogen) atoms. The first kappa shape index (κ1) is 13.1. The standard InChI is InChI=1S/C14H19N3S/c1-11(8-13-4-3-7-18-13)17(2)14-6-5-12(9-15)10-16-14/h3-7,10-11H,8-9,15H2,1-2H3. The molecule has 4 heteroatoms. The average molecular weight is 261 g/mol. The average Bonchev–Trinajstić information content (AvgIpc) is 2.91. The van der Waals surface area contributed by atoms with Gasteiger partial charge in [-0.2, -0.15) is 0 Å². The molecular weight excluding hydrogens is 242 g/mol. The fourth-order valence-corrected chi connectivity index (χ4v) is 2.66. The van der Waals surface area contributed by atoms with E-state index in [-0.39, 0.29) is 0 Å². The molecular formula is C14H19N3S. The normalized spacial score (nSPS) is 12.4. The third kappa shape index (κ3) is 3.09. The van der Waals surface area contributed by atoms with E-state index >= 15 is 0 Å². The minimum Gasteiger partial charge on any atom is -0.357 e. The van der Waals surface area contributed by atoms with Crippen LogP contribution in [0.4, 0.5) is 5.82 Å². The van der Waals surface area contributed by atoms with E-state index in [1.807, 2.05) is 18.3 Å². The molecule has 96 valence electrons. The molecule has 0 radical (unpaired) electrons. The van der Waals surface area contributed by atoms with Crippen LogP contribution in [0.5, 0.6) is 0 Å². The number of anilines is 1. The first-order chi connectivity index (χ1) is 8.70. The van der Waals surface area contributed by atoms with Crippen molar-refractivity contribution in [2.75, 3.05) is 11.9 Å². The maximum Gasteiger partial charge on any atom is 0.128 e. The number of nitrogens with two attached hydrogens (primary N) is 1. The second-order valence-corrected chi connectivity index (χ2v) is 5.50. The molecule has 3 nitrogen and oxygen atoms in total. The van der Waals surface area contributed by atoms with E-state index in [9.17, 15) is 0 Å². The predicted molar refractivity (Wildman–Crippen MR) is 78.0 cm³/mol. The largest absolute Gasteiger partial charge is 0.357 e.